The minimum atomic E-state index is -1.45. The van der Waals surface area contributed by atoms with Gasteiger partial charge in [0.25, 0.3) is 0 Å². The van der Waals surface area contributed by atoms with E-state index in [0.717, 1.165) is 23.5 Å². The van der Waals surface area contributed by atoms with Gasteiger partial charge in [0.05, 0.1) is 83.0 Å². The molecule has 8 aliphatic rings. The van der Waals surface area contributed by atoms with Gasteiger partial charge < -0.3 is 104 Å². The molecule has 3 atom stereocenters. The highest BCUT2D eigenvalue weighted by molar-refractivity contribution is 8.00. The summed E-state index contributed by atoms with van der Waals surface area (Å²) in [5.74, 6) is -12.4. The number of amides is 15. The second-order valence-electron chi connectivity index (χ2n) is 20.7. The van der Waals surface area contributed by atoms with Crippen molar-refractivity contribution in [2.24, 2.45) is 5.73 Å². The number of hydrogen-bond acceptors (Lipinski definition) is 25. The zero-order valence-corrected chi connectivity index (χ0v) is 51.1. The predicted octanol–water partition coefficient (Wildman–Crippen LogP) is -12.4. The van der Waals surface area contributed by atoms with Crippen LogP contribution >= 0.6 is 23.5 Å². The van der Waals surface area contributed by atoms with Gasteiger partial charge in [0.15, 0.2) is 0 Å². The second kappa shape index (κ2) is 35.7. The van der Waals surface area contributed by atoms with Crippen molar-refractivity contribution in [1.29, 1.82) is 0 Å². The van der Waals surface area contributed by atoms with E-state index in [1.54, 1.807) is 14.7 Å². The third kappa shape index (κ3) is 24.1. The lowest BCUT2D eigenvalue weighted by Gasteiger charge is -2.38. The van der Waals surface area contributed by atoms with Crippen LogP contribution in [-0.4, -0.2) is 314 Å². The molecule has 0 radical (unpaired) electrons. The predicted molar refractivity (Wildman–Crippen MR) is 320 cm³/mol. The average molecular weight is 1320 g/mol. The van der Waals surface area contributed by atoms with Crippen molar-refractivity contribution in [3.63, 3.8) is 0 Å². The van der Waals surface area contributed by atoms with Crippen molar-refractivity contribution in [2.75, 3.05) is 182 Å². The Kier molecular flexibility index (Phi) is 27.7. The average Bonchev–Trinajstić information content (AvgIpc) is 1.74. The first-order chi connectivity index (χ1) is 43.5. The van der Waals surface area contributed by atoms with Crippen molar-refractivity contribution < 1.29 is 81.8 Å². The molecule has 91 heavy (non-hydrogen) atoms. The first kappa shape index (κ1) is 70.7. The topological polar surface area (TPSA) is 522 Å². The zero-order valence-electron chi connectivity index (χ0n) is 49.4. The van der Waals surface area contributed by atoms with E-state index in [-0.39, 0.29) is 150 Å². The lowest BCUT2D eigenvalue weighted by molar-refractivity contribution is -0.141. The van der Waals surface area contributed by atoms with Crippen LogP contribution < -0.4 is 84.2 Å². The van der Waals surface area contributed by atoms with Crippen molar-refractivity contribution in [3.8, 4) is 0 Å². The van der Waals surface area contributed by atoms with Crippen LogP contribution in [0.3, 0.4) is 0 Å². The minimum absolute atomic E-state index is 0.0607. The van der Waals surface area contributed by atoms with Gasteiger partial charge in [0, 0.05) is 96.5 Å². The molecule has 10 bridgehead atoms. The number of nitrogens with one attached hydrogen (secondary N) is 12. The molecule has 0 unspecified atom stereocenters. The molecule has 0 saturated carbocycles. The number of nitrogens with zero attached hydrogens (tertiary/aromatic N) is 9. The fraction of sp³-hybridized carbons (Fsp3) is 0.620. The molecule has 9 heterocycles. The quantitative estimate of drug-likeness (QED) is 0.116. The van der Waals surface area contributed by atoms with Crippen LogP contribution in [0.2, 0.25) is 0 Å². The van der Waals surface area contributed by atoms with Crippen LogP contribution in [-0.2, 0) is 76.7 Å². The summed E-state index contributed by atoms with van der Waals surface area (Å²) in [5, 5.41) is 37.1. The maximum Gasteiger partial charge on any atom is 0.327 e. The number of carbonyl (C=O) groups is 16. The Balaban J connectivity index is 1.20. The maximum absolute atomic E-state index is 13.7. The highest BCUT2D eigenvalue weighted by atomic mass is 32.2. The van der Waals surface area contributed by atoms with Gasteiger partial charge in [-0.3, -0.25) is 71.9 Å². The maximum atomic E-state index is 13.7. The first-order valence-electron chi connectivity index (χ1n) is 28.8. The summed E-state index contributed by atoms with van der Waals surface area (Å²) >= 11 is 1.94. The van der Waals surface area contributed by atoms with Gasteiger partial charge in [-0.1, -0.05) is 0 Å². The number of nitrogens with two attached hydrogens (primary N) is 1. The third-order valence-electron chi connectivity index (χ3n) is 14.1. The summed E-state index contributed by atoms with van der Waals surface area (Å²) in [7, 11) is 0. The van der Waals surface area contributed by atoms with Crippen LogP contribution in [0.5, 0.6) is 0 Å². The second-order valence-corrected chi connectivity index (χ2v) is 22.8. The van der Waals surface area contributed by atoms with Crippen LogP contribution in [0, 0.1) is 0 Å². The molecule has 0 spiro atoms. The SMILES string of the molecule is N[C@H]1CCC(=O)N2CCN(CC2)c2nc3nc(n2)N2CCN(CC2)C(=O)CSC[C@H](NC(=O)CNC(=O)CNC(=O)CNC(=O)CNC(=O)CNC1=O)C(=O)NCC(=O)NCC(=O)NCC(=O)NCC(=O)NCC(=O)N[C@H](C(=O)O)CSCC(=O)N1CCN3CC1. The molecule has 41 heteroatoms. The van der Waals surface area contributed by atoms with E-state index >= 15 is 0 Å². The van der Waals surface area contributed by atoms with Gasteiger partial charge in [-0.25, -0.2) is 4.79 Å². The number of carbonyl (C=O) groups excluding carboxylic acids is 15. The third-order valence-corrected chi connectivity index (χ3v) is 16.1. The Morgan fingerprint density at radius 3 is 1.01 bits per heavy atom. The normalized spacial score (nSPS) is 23.4. The van der Waals surface area contributed by atoms with Gasteiger partial charge in [-0.2, -0.15) is 15.0 Å². The molecule has 1 aromatic rings. The molecule has 3 fully saturated rings. The zero-order chi connectivity index (χ0) is 66.0. The monoisotopic (exact) mass is 1320 g/mol. The van der Waals surface area contributed by atoms with Gasteiger partial charge in [0.1, 0.15) is 12.1 Å². The number of aliphatic carboxylic acids is 1. The lowest BCUT2D eigenvalue weighted by Crippen LogP contribution is -2.53. The highest BCUT2D eigenvalue weighted by Crippen LogP contribution is 2.24. The van der Waals surface area contributed by atoms with Crippen molar-refractivity contribution in [2.45, 2.75) is 31.0 Å². The van der Waals surface area contributed by atoms with E-state index in [1.165, 1.54) is 0 Å². The molecule has 3 saturated heterocycles. The molecule has 8 aliphatic heterocycles. The molecular weight excluding hydrogens is 1240 g/mol. The minimum Gasteiger partial charge on any atom is -0.480 e. The Labute approximate surface area is 527 Å². The van der Waals surface area contributed by atoms with Crippen molar-refractivity contribution in [1.82, 2.24) is 93.5 Å². The Morgan fingerprint density at radius 1 is 0.374 bits per heavy atom. The van der Waals surface area contributed by atoms with E-state index in [0.29, 0.717) is 0 Å². The molecule has 498 valence electrons. The Morgan fingerprint density at radius 2 is 0.659 bits per heavy atom. The molecule has 9 rings (SSSR count). The summed E-state index contributed by atoms with van der Waals surface area (Å²) in [5.41, 5.74) is 6.07. The Hall–Kier alpha value is -9.41. The van der Waals surface area contributed by atoms with Crippen LogP contribution in [0.25, 0.3) is 0 Å². The van der Waals surface area contributed by atoms with Crippen LogP contribution in [0.15, 0.2) is 0 Å². The number of thioether (sulfide) groups is 2. The summed E-state index contributed by atoms with van der Waals surface area (Å²) < 4.78 is 0. The number of fused-ring (bicyclic) bond motifs is 25. The molecular formula is C50H74N22O17S2. The first-order valence-corrected chi connectivity index (χ1v) is 31.1. The smallest absolute Gasteiger partial charge is 0.327 e. The fourth-order valence-corrected chi connectivity index (χ4v) is 10.8. The highest BCUT2D eigenvalue weighted by Gasteiger charge is 2.32. The summed E-state index contributed by atoms with van der Waals surface area (Å²) in [6.07, 6.45) is -0.165. The van der Waals surface area contributed by atoms with E-state index in [1.807, 2.05) is 14.7 Å². The van der Waals surface area contributed by atoms with Gasteiger partial charge in [-0.15, -0.1) is 23.5 Å². The fourth-order valence-electron chi connectivity index (χ4n) is 8.88. The number of carboxylic acids is 1. The van der Waals surface area contributed by atoms with Crippen LogP contribution in [0.4, 0.5) is 17.8 Å². The molecule has 15 amide bonds. The number of carboxylic acid groups (broad SMARTS) is 1. The largest absolute Gasteiger partial charge is 0.480 e. The number of anilines is 3. The standard InChI is InChI=1S/C50H74N22O17S2/c51-29-1-2-42(83)67-3-9-70(10-4-67)48-64-49-66-50(65-48)72-13-7-69(8-14-72)44(85)28-91-26-31(47(88)89)63-41(82)24-59-37(78)20-55-33(74)16-53-35(76)18-57-39(80)22-61-46(87)30(25-90-27-43(84)68-5-11-71(49)12-6-68)62-40(81)23-58-36(77)19-54-32(73)15-52-34(75)17-56-38(79)21-60-45(29)86/h29-31H,1-28,51H2,(H,52,75)(H,53,76)(H,54,73)(H,55,74)(H,56,79)(H,57,80)(H,58,77)(H,59,78)(H,60,86)(H,61,87)(H,62,81)(H,63,82)(H,88,89)/t29-,30-,31-/m0/s1. The van der Waals surface area contributed by atoms with Gasteiger partial charge in [-0.05, 0) is 6.42 Å². The van der Waals surface area contributed by atoms with Crippen molar-refractivity contribution >= 4 is 136 Å². The van der Waals surface area contributed by atoms with E-state index in [2.05, 4.69) is 63.8 Å². The van der Waals surface area contributed by atoms with Crippen LogP contribution in [0.1, 0.15) is 12.8 Å². The molecule has 1 aromatic heterocycles. The number of hydrogen-bond donors (Lipinski definition) is 14. The lowest BCUT2D eigenvalue weighted by atomic mass is 10.1. The summed E-state index contributed by atoms with van der Waals surface area (Å²) in [6, 6.07) is -4.04. The van der Waals surface area contributed by atoms with Gasteiger partial charge in [0.2, 0.25) is 106 Å². The van der Waals surface area contributed by atoms with Crippen molar-refractivity contribution in [3.05, 3.63) is 0 Å². The van der Waals surface area contributed by atoms with E-state index in [9.17, 15) is 81.8 Å². The molecule has 15 N–H and O–H groups in total. The molecule has 0 aromatic carbocycles. The molecule has 0 aliphatic carbocycles. The summed E-state index contributed by atoms with van der Waals surface area (Å²) in [6.45, 7) is -3.64. The van der Waals surface area contributed by atoms with Gasteiger partial charge >= 0.3 is 5.97 Å². The number of piperazine rings is 3. The summed E-state index contributed by atoms with van der Waals surface area (Å²) in [4.78, 5) is 229. The molecule has 39 nitrogen and oxygen atoms in total. The van der Waals surface area contributed by atoms with E-state index in [4.69, 9.17) is 20.7 Å². The number of aromatic nitrogens is 3. The van der Waals surface area contributed by atoms with E-state index < -0.39 is 160 Å². The Bertz CT molecular complexity index is 2910. The number of rotatable bonds is 1.